The normalized spacial score (nSPS) is 18.7. The molecule has 6 heterocycles. The minimum atomic E-state index is -0.762. The fourth-order valence-electron chi connectivity index (χ4n) is 6.52. The van der Waals surface area contributed by atoms with Gasteiger partial charge in [0.15, 0.2) is 11.5 Å². The molecule has 1 saturated heterocycles. The van der Waals surface area contributed by atoms with Crippen LogP contribution >= 0.6 is 0 Å². The lowest BCUT2D eigenvalue weighted by Gasteiger charge is -2.29. The first-order chi connectivity index (χ1) is 21.9. The SMILES string of the molecule is CN1CCCn2cnc3cccc(c32)-c2cccc(n2)N[C@H]2C[C@@H](C1=O)N(c1ncnc3c1cnn3-c1ccc(F)cc1F)C2. The summed E-state index contributed by atoms with van der Waals surface area (Å²) in [7, 11) is 1.83. The van der Waals surface area contributed by atoms with Gasteiger partial charge in [-0.15, -0.1) is 0 Å². The van der Waals surface area contributed by atoms with Crippen molar-refractivity contribution in [3.05, 3.63) is 85.1 Å². The van der Waals surface area contributed by atoms with Crippen LogP contribution in [-0.2, 0) is 11.3 Å². The van der Waals surface area contributed by atoms with E-state index in [0.717, 1.165) is 34.8 Å². The van der Waals surface area contributed by atoms with Crippen molar-refractivity contribution in [1.29, 1.82) is 0 Å². The third-order valence-electron chi connectivity index (χ3n) is 8.62. The molecule has 8 rings (SSSR count). The van der Waals surface area contributed by atoms with Gasteiger partial charge in [-0.25, -0.2) is 33.4 Å². The molecule has 1 fully saturated rings. The highest BCUT2D eigenvalue weighted by atomic mass is 19.1. The number of hydrogen-bond acceptors (Lipinski definition) is 8. The lowest BCUT2D eigenvalue weighted by molar-refractivity contribution is -0.131. The molecule has 45 heavy (non-hydrogen) atoms. The van der Waals surface area contributed by atoms with Gasteiger partial charge in [0.1, 0.15) is 35.5 Å². The second-order valence-electron chi connectivity index (χ2n) is 11.5. The third-order valence-corrected chi connectivity index (χ3v) is 8.62. The smallest absolute Gasteiger partial charge is 0.245 e. The van der Waals surface area contributed by atoms with Crippen LogP contribution in [0.4, 0.5) is 20.4 Å². The van der Waals surface area contributed by atoms with E-state index in [9.17, 15) is 13.6 Å². The highest BCUT2D eigenvalue weighted by Crippen LogP contribution is 2.34. The van der Waals surface area contributed by atoms with E-state index in [-0.39, 0.29) is 17.6 Å². The molecular formula is C32H28F2N10O. The topological polar surface area (TPSA) is 110 Å². The quantitative estimate of drug-likeness (QED) is 0.309. The number of nitrogens with zero attached hydrogens (tertiary/aromatic N) is 9. The highest BCUT2D eigenvalue weighted by Gasteiger charge is 2.40. The van der Waals surface area contributed by atoms with Crippen molar-refractivity contribution in [2.24, 2.45) is 0 Å². The van der Waals surface area contributed by atoms with Crippen molar-refractivity contribution >= 4 is 39.6 Å². The number of amides is 1. The molecule has 4 bridgehead atoms. The molecule has 0 saturated carbocycles. The number of anilines is 2. The first-order valence-electron chi connectivity index (χ1n) is 14.8. The van der Waals surface area contributed by atoms with E-state index >= 15 is 0 Å². The summed E-state index contributed by atoms with van der Waals surface area (Å²) in [6.45, 7) is 1.70. The largest absolute Gasteiger partial charge is 0.365 e. The second kappa shape index (κ2) is 10.6. The van der Waals surface area contributed by atoms with Crippen LogP contribution < -0.4 is 10.2 Å². The maximum absolute atomic E-state index is 14.7. The molecule has 13 heteroatoms. The van der Waals surface area contributed by atoms with Crippen LogP contribution in [0.25, 0.3) is 39.0 Å². The summed E-state index contributed by atoms with van der Waals surface area (Å²) >= 11 is 0. The van der Waals surface area contributed by atoms with Crippen molar-refractivity contribution in [2.75, 3.05) is 30.4 Å². The highest BCUT2D eigenvalue weighted by molar-refractivity contribution is 5.93. The van der Waals surface area contributed by atoms with Gasteiger partial charge in [-0.1, -0.05) is 18.2 Å². The number of nitrogens with one attached hydrogen (secondary N) is 1. The molecule has 1 amide bonds. The van der Waals surface area contributed by atoms with Crippen LogP contribution in [0.3, 0.4) is 0 Å². The van der Waals surface area contributed by atoms with Crippen molar-refractivity contribution < 1.29 is 13.6 Å². The number of fused-ring (bicyclic) bond motifs is 6. The number of likely N-dealkylation sites (N-methyl/N-ethyl adjacent to an activating group) is 1. The lowest BCUT2D eigenvalue weighted by Crippen LogP contribution is -2.45. The van der Waals surface area contributed by atoms with Crippen molar-refractivity contribution in [1.82, 2.24) is 39.2 Å². The molecule has 0 unspecified atom stereocenters. The van der Waals surface area contributed by atoms with Crippen molar-refractivity contribution in [3.8, 4) is 16.9 Å². The predicted octanol–water partition coefficient (Wildman–Crippen LogP) is 4.43. The molecule has 0 radical (unpaired) electrons. The van der Waals surface area contributed by atoms with E-state index in [2.05, 4.69) is 36.0 Å². The monoisotopic (exact) mass is 606 g/mol. The van der Waals surface area contributed by atoms with Crippen molar-refractivity contribution in [2.45, 2.75) is 31.5 Å². The molecule has 2 aromatic carbocycles. The summed E-state index contributed by atoms with van der Waals surface area (Å²) in [6, 6.07) is 14.6. The fourth-order valence-corrected chi connectivity index (χ4v) is 6.52. The second-order valence-corrected chi connectivity index (χ2v) is 11.5. The Morgan fingerprint density at radius 2 is 1.89 bits per heavy atom. The molecule has 11 nitrogen and oxygen atoms in total. The van der Waals surface area contributed by atoms with Crippen LogP contribution in [0.5, 0.6) is 0 Å². The average molecular weight is 607 g/mol. The maximum atomic E-state index is 14.7. The first kappa shape index (κ1) is 27.1. The van der Waals surface area contributed by atoms with Gasteiger partial charge in [0, 0.05) is 44.4 Å². The summed E-state index contributed by atoms with van der Waals surface area (Å²) in [5.41, 5.74) is 4.17. The van der Waals surface area contributed by atoms with Crippen LogP contribution in [0.2, 0.25) is 0 Å². The predicted molar refractivity (Wildman–Crippen MR) is 165 cm³/mol. The number of imidazole rings is 1. The maximum Gasteiger partial charge on any atom is 0.245 e. The molecule has 1 N–H and O–H groups in total. The minimum absolute atomic E-state index is 0.0317. The number of halogens is 2. The Morgan fingerprint density at radius 3 is 2.78 bits per heavy atom. The van der Waals surface area contributed by atoms with E-state index < -0.39 is 17.7 Å². The molecule has 0 aliphatic carbocycles. The van der Waals surface area contributed by atoms with Crippen LogP contribution in [-0.4, -0.2) is 77.3 Å². The van der Waals surface area contributed by atoms with Crippen molar-refractivity contribution in [3.63, 3.8) is 0 Å². The number of para-hydroxylation sites is 1. The molecular weight excluding hydrogens is 578 g/mol. The van der Waals surface area contributed by atoms with Gasteiger partial charge >= 0.3 is 0 Å². The number of benzene rings is 2. The Bertz CT molecular complexity index is 2090. The zero-order valence-corrected chi connectivity index (χ0v) is 24.3. The molecule has 4 aromatic heterocycles. The van der Waals surface area contributed by atoms with E-state index in [1.54, 1.807) is 11.1 Å². The summed E-state index contributed by atoms with van der Waals surface area (Å²) in [5.74, 6) is -0.262. The molecule has 6 aromatic rings. The standard InChI is InChI=1S/C32H28F2N10O/c1-41-11-4-12-42-18-37-25-7-2-5-21(29(25)42)24-6-3-8-28(40-24)39-20-14-27(32(41)45)43(16-20)30-22-15-38-44(31(22)36-17-35-30)26-10-9-19(33)13-23(26)34/h2-3,5-10,13,15,17-18,20,27H,4,11-12,14,16H2,1H3,(H,39,40)/t20-,27-/m0/s1. The zero-order valence-electron chi connectivity index (χ0n) is 24.3. The van der Waals surface area contributed by atoms with Gasteiger partial charge in [-0.05, 0) is 43.2 Å². The molecule has 0 spiro atoms. The van der Waals surface area contributed by atoms with E-state index in [1.165, 1.54) is 23.1 Å². The summed E-state index contributed by atoms with van der Waals surface area (Å²) in [5, 5.41) is 8.49. The van der Waals surface area contributed by atoms with Gasteiger partial charge in [-0.2, -0.15) is 5.10 Å². The first-order valence-corrected chi connectivity index (χ1v) is 14.8. The van der Waals surface area contributed by atoms with E-state index in [1.807, 2.05) is 48.6 Å². The van der Waals surface area contributed by atoms with Gasteiger partial charge in [0.05, 0.1) is 34.6 Å². The number of rotatable bonds is 2. The average Bonchev–Trinajstić information content (AvgIpc) is 3.78. The van der Waals surface area contributed by atoms with E-state index in [4.69, 9.17) is 4.98 Å². The van der Waals surface area contributed by atoms with Gasteiger partial charge < -0.3 is 19.7 Å². The Kier molecular flexibility index (Phi) is 6.39. The summed E-state index contributed by atoms with van der Waals surface area (Å²) in [6.07, 6.45) is 6.03. The van der Waals surface area contributed by atoms with Gasteiger partial charge in [-0.3, -0.25) is 4.79 Å². The number of aryl methyl sites for hydroxylation is 1. The zero-order chi connectivity index (χ0) is 30.7. The summed E-state index contributed by atoms with van der Waals surface area (Å²) < 4.78 is 31.8. The Balaban J connectivity index is 1.19. The number of aromatic nitrogens is 7. The fraction of sp³-hybridized carbons (Fsp3) is 0.250. The van der Waals surface area contributed by atoms with Gasteiger partial charge in [0.25, 0.3) is 0 Å². The summed E-state index contributed by atoms with van der Waals surface area (Å²) in [4.78, 5) is 36.3. The number of hydrogen-bond donors (Lipinski definition) is 1. The third kappa shape index (κ3) is 4.62. The number of carbonyl (C=O) groups is 1. The lowest BCUT2D eigenvalue weighted by atomic mass is 10.1. The number of pyridine rings is 1. The molecule has 2 atom stereocenters. The molecule has 2 aliphatic rings. The van der Waals surface area contributed by atoms with Crippen LogP contribution in [0.1, 0.15) is 12.8 Å². The van der Waals surface area contributed by atoms with Gasteiger partial charge in [0.2, 0.25) is 5.91 Å². The minimum Gasteiger partial charge on any atom is -0.365 e. The molecule has 226 valence electrons. The Labute approximate surface area is 256 Å². The van der Waals surface area contributed by atoms with E-state index in [0.29, 0.717) is 48.7 Å². The molecule has 2 aliphatic heterocycles. The Morgan fingerprint density at radius 1 is 1.00 bits per heavy atom. The number of carbonyl (C=O) groups excluding carboxylic acids is 1. The van der Waals surface area contributed by atoms with Crippen LogP contribution in [0, 0.1) is 11.6 Å². The van der Waals surface area contributed by atoms with Crippen LogP contribution in [0.15, 0.2) is 73.4 Å². The Hall–Kier alpha value is -5.46.